The van der Waals surface area contributed by atoms with Crippen LogP contribution in [0.3, 0.4) is 0 Å². The molecule has 1 aromatic heterocycles. The molecule has 0 atom stereocenters. The molecule has 0 aliphatic heterocycles. The molecule has 2 aromatic carbocycles. The molecular weight excluding hydrogens is 422 g/mol. The SMILES string of the molecule is Clc1ccc(-c2nc(-c3ccc(Br)cc3)cs2)cc1Br. The maximum atomic E-state index is 6.02. The Balaban J connectivity index is 1.97. The van der Waals surface area contributed by atoms with Crippen LogP contribution in [0.5, 0.6) is 0 Å². The van der Waals surface area contributed by atoms with Gasteiger partial charge in [-0.1, -0.05) is 45.7 Å². The first-order valence-electron chi connectivity index (χ1n) is 5.80. The van der Waals surface area contributed by atoms with Gasteiger partial charge in [0.1, 0.15) is 5.01 Å². The van der Waals surface area contributed by atoms with E-state index >= 15 is 0 Å². The lowest BCUT2D eigenvalue weighted by Gasteiger charge is -2.00. The zero-order valence-electron chi connectivity index (χ0n) is 10.1. The molecule has 100 valence electrons. The van der Waals surface area contributed by atoms with Crippen LogP contribution in [-0.2, 0) is 0 Å². The molecule has 0 N–H and O–H groups in total. The first-order chi connectivity index (χ1) is 9.63. The second kappa shape index (κ2) is 5.98. The van der Waals surface area contributed by atoms with E-state index in [2.05, 4.69) is 49.4 Å². The van der Waals surface area contributed by atoms with Gasteiger partial charge < -0.3 is 0 Å². The summed E-state index contributed by atoms with van der Waals surface area (Å²) in [6, 6.07) is 14.0. The molecule has 1 heterocycles. The van der Waals surface area contributed by atoms with Gasteiger partial charge in [-0.2, -0.15) is 0 Å². The van der Waals surface area contributed by atoms with E-state index in [0.717, 1.165) is 30.8 Å². The highest BCUT2D eigenvalue weighted by atomic mass is 79.9. The summed E-state index contributed by atoms with van der Waals surface area (Å²) in [4.78, 5) is 4.69. The van der Waals surface area contributed by atoms with E-state index in [4.69, 9.17) is 16.6 Å². The third-order valence-corrected chi connectivity index (χ3v) is 5.44. The molecule has 0 unspecified atom stereocenters. The summed E-state index contributed by atoms with van der Waals surface area (Å²) in [6.07, 6.45) is 0. The van der Waals surface area contributed by atoms with Crippen molar-refractivity contribution in [3.8, 4) is 21.8 Å². The number of rotatable bonds is 2. The van der Waals surface area contributed by atoms with E-state index in [1.54, 1.807) is 11.3 Å². The fraction of sp³-hybridized carbons (Fsp3) is 0. The minimum absolute atomic E-state index is 0.707. The van der Waals surface area contributed by atoms with Crippen molar-refractivity contribution in [2.75, 3.05) is 0 Å². The Morgan fingerprint density at radius 2 is 1.65 bits per heavy atom. The van der Waals surface area contributed by atoms with Crippen molar-refractivity contribution >= 4 is 54.8 Å². The third kappa shape index (κ3) is 2.98. The Morgan fingerprint density at radius 1 is 0.950 bits per heavy atom. The highest BCUT2D eigenvalue weighted by Gasteiger charge is 2.08. The van der Waals surface area contributed by atoms with E-state index in [0.29, 0.717) is 5.02 Å². The van der Waals surface area contributed by atoms with Crippen molar-refractivity contribution in [2.45, 2.75) is 0 Å². The van der Waals surface area contributed by atoms with Gasteiger partial charge in [0.2, 0.25) is 0 Å². The number of thiazole rings is 1. The van der Waals surface area contributed by atoms with Gasteiger partial charge >= 0.3 is 0 Å². The molecule has 3 rings (SSSR count). The van der Waals surface area contributed by atoms with Gasteiger partial charge in [0.05, 0.1) is 10.7 Å². The lowest BCUT2D eigenvalue weighted by molar-refractivity contribution is 1.40. The van der Waals surface area contributed by atoms with Gasteiger partial charge in [-0.15, -0.1) is 11.3 Å². The maximum absolute atomic E-state index is 6.02. The average molecular weight is 430 g/mol. The summed E-state index contributed by atoms with van der Waals surface area (Å²) in [6.45, 7) is 0. The molecule has 0 aliphatic rings. The first-order valence-corrected chi connectivity index (χ1v) is 8.65. The fourth-order valence-electron chi connectivity index (χ4n) is 1.79. The van der Waals surface area contributed by atoms with Crippen molar-refractivity contribution in [1.82, 2.24) is 4.98 Å². The third-order valence-electron chi connectivity index (χ3n) is 2.81. The number of aromatic nitrogens is 1. The monoisotopic (exact) mass is 427 g/mol. The average Bonchev–Trinajstić information content (AvgIpc) is 2.92. The molecular formula is C15H8Br2ClNS. The van der Waals surface area contributed by atoms with Gasteiger partial charge in [0, 0.05) is 25.5 Å². The zero-order valence-corrected chi connectivity index (χ0v) is 14.9. The summed E-state index contributed by atoms with van der Waals surface area (Å²) < 4.78 is 1.95. The van der Waals surface area contributed by atoms with Crippen LogP contribution in [0, 0.1) is 0 Å². The van der Waals surface area contributed by atoms with E-state index in [9.17, 15) is 0 Å². The molecule has 0 radical (unpaired) electrons. The Kier molecular flexibility index (Phi) is 4.26. The van der Waals surface area contributed by atoms with Crippen LogP contribution in [0.2, 0.25) is 5.02 Å². The van der Waals surface area contributed by atoms with Gasteiger partial charge in [0.15, 0.2) is 0 Å². The first kappa shape index (κ1) is 14.3. The van der Waals surface area contributed by atoms with E-state index in [-0.39, 0.29) is 0 Å². The van der Waals surface area contributed by atoms with Crippen LogP contribution >= 0.6 is 54.8 Å². The lowest BCUT2D eigenvalue weighted by atomic mass is 10.2. The number of hydrogen-bond donors (Lipinski definition) is 0. The van der Waals surface area contributed by atoms with Gasteiger partial charge in [-0.25, -0.2) is 4.98 Å². The zero-order chi connectivity index (χ0) is 14.1. The number of halogens is 3. The van der Waals surface area contributed by atoms with Crippen molar-refractivity contribution < 1.29 is 0 Å². The number of nitrogens with zero attached hydrogens (tertiary/aromatic N) is 1. The fourth-order valence-corrected chi connectivity index (χ4v) is 3.38. The minimum atomic E-state index is 0.707. The molecule has 0 saturated heterocycles. The van der Waals surface area contributed by atoms with Gasteiger partial charge in [-0.3, -0.25) is 0 Å². The van der Waals surface area contributed by atoms with Crippen molar-refractivity contribution in [3.05, 3.63) is 61.8 Å². The summed E-state index contributed by atoms with van der Waals surface area (Å²) >= 11 is 14.5. The van der Waals surface area contributed by atoms with E-state index in [1.807, 2.05) is 30.3 Å². The van der Waals surface area contributed by atoms with Crippen LogP contribution in [0.4, 0.5) is 0 Å². The van der Waals surface area contributed by atoms with Crippen LogP contribution in [0.25, 0.3) is 21.8 Å². The Hall–Kier alpha value is -0.680. The topological polar surface area (TPSA) is 12.9 Å². The van der Waals surface area contributed by atoms with Crippen LogP contribution in [0.1, 0.15) is 0 Å². The predicted molar refractivity (Wildman–Crippen MR) is 93.4 cm³/mol. The number of hydrogen-bond acceptors (Lipinski definition) is 2. The molecule has 3 aromatic rings. The van der Waals surface area contributed by atoms with Crippen molar-refractivity contribution in [2.24, 2.45) is 0 Å². The Labute approximate surface area is 142 Å². The second-order valence-electron chi connectivity index (χ2n) is 4.17. The predicted octanol–water partition coefficient (Wildman–Crippen LogP) is 6.66. The van der Waals surface area contributed by atoms with Gasteiger partial charge in [0.25, 0.3) is 0 Å². The standard InChI is InChI=1S/C15H8Br2ClNS/c16-11-4-1-9(2-5-11)14-8-20-15(19-14)10-3-6-13(18)12(17)7-10/h1-8H. The molecule has 0 amide bonds. The van der Waals surface area contributed by atoms with Crippen LogP contribution < -0.4 is 0 Å². The summed E-state index contributed by atoms with van der Waals surface area (Å²) in [5.41, 5.74) is 3.17. The van der Waals surface area contributed by atoms with Crippen molar-refractivity contribution in [1.29, 1.82) is 0 Å². The van der Waals surface area contributed by atoms with E-state index < -0.39 is 0 Å². The quantitative estimate of drug-likeness (QED) is 0.444. The lowest BCUT2D eigenvalue weighted by Crippen LogP contribution is -1.80. The van der Waals surface area contributed by atoms with Gasteiger partial charge in [-0.05, 0) is 40.2 Å². The summed E-state index contributed by atoms with van der Waals surface area (Å²) in [5, 5.41) is 3.76. The Morgan fingerprint density at radius 3 is 2.35 bits per heavy atom. The molecule has 20 heavy (non-hydrogen) atoms. The summed E-state index contributed by atoms with van der Waals surface area (Å²) in [7, 11) is 0. The molecule has 5 heteroatoms. The molecule has 0 spiro atoms. The largest absolute Gasteiger partial charge is 0.236 e. The highest BCUT2D eigenvalue weighted by Crippen LogP contribution is 2.33. The maximum Gasteiger partial charge on any atom is 0.124 e. The van der Waals surface area contributed by atoms with E-state index in [1.165, 1.54) is 0 Å². The molecule has 0 aliphatic carbocycles. The molecule has 0 bridgehead atoms. The van der Waals surface area contributed by atoms with Crippen LogP contribution in [0.15, 0.2) is 56.8 Å². The summed E-state index contributed by atoms with van der Waals surface area (Å²) in [5.74, 6) is 0. The molecule has 0 saturated carbocycles. The molecule has 0 fully saturated rings. The smallest absolute Gasteiger partial charge is 0.124 e. The second-order valence-corrected chi connectivity index (χ2v) is 7.21. The van der Waals surface area contributed by atoms with Crippen LogP contribution in [-0.4, -0.2) is 4.98 Å². The normalized spacial score (nSPS) is 10.8. The molecule has 1 nitrogen and oxygen atoms in total. The van der Waals surface area contributed by atoms with Crippen molar-refractivity contribution in [3.63, 3.8) is 0 Å². The highest BCUT2D eigenvalue weighted by molar-refractivity contribution is 9.10. The Bertz CT molecular complexity index is 753. The minimum Gasteiger partial charge on any atom is -0.236 e. The number of benzene rings is 2.